The lowest BCUT2D eigenvalue weighted by Crippen LogP contribution is -2.14. The second-order valence-electron chi connectivity index (χ2n) is 17.2. The quantitative estimate of drug-likeness (QED) is 0.167. The molecule has 0 bridgehead atoms. The smallest absolute Gasteiger partial charge is 0.160 e. The standard InChI is InChI=1S/C61H42N2/c1-61(2)55-32-15-14-29-54(55)59-53(31-17-33-56(59)61)50-35-34-48(43-23-8-9-24-44(43)50)49-36-37-52(47-27-11-10-25-45(47)49)58-38-57(62-60(63-58)40-19-4-3-5-20-40)51-28-13-12-26-46(51)42-30-16-21-39-18-6-7-22-41(39)42/h3-38H,1-2H3. The van der Waals surface area contributed by atoms with E-state index in [1.54, 1.807) is 0 Å². The van der Waals surface area contributed by atoms with Crippen LogP contribution in [0.5, 0.6) is 0 Å². The van der Waals surface area contributed by atoms with Gasteiger partial charge in [0, 0.05) is 22.1 Å². The lowest BCUT2D eigenvalue weighted by molar-refractivity contribution is 0.660. The van der Waals surface area contributed by atoms with Gasteiger partial charge < -0.3 is 0 Å². The molecule has 2 nitrogen and oxygen atoms in total. The molecular weight excluding hydrogens is 761 g/mol. The van der Waals surface area contributed by atoms with Gasteiger partial charge in [0.2, 0.25) is 0 Å². The Bertz CT molecular complexity index is 3590. The van der Waals surface area contributed by atoms with Crippen LogP contribution in [0, 0.1) is 0 Å². The molecule has 0 amide bonds. The number of hydrogen-bond donors (Lipinski definition) is 0. The van der Waals surface area contributed by atoms with Crippen molar-refractivity contribution in [2.45, 2.75) is 19.3 Å². The maximum absolute atomic E-state index is 5.34. The molecule has 1 aliphatic carbocycles. The molecule has 1 heterocycles. The first-order chi connectivity index (χ1) is 31.0. The van der Waals surface area contributed by atoms with E-state index in [0.29, 0.717) is 5.82 Å². The molecule has 0 radical (unpaired) electrons. The molecule has 2 heteroatoms. The van der Waals surface area contributed by atoms with Crippen LogP contribution in [0.1, 0.15) is 25.0 Å². The van der Waals surface area contributed by atoms with E-state index in [0.717, 1.165) is 39.0 Å². The van der Waals surface area contributed by atoms with Crippen molar-refractivity contribution in [1.82, 2.24) is 9.97 Å². The fraction of sp³-hybridized carbons (Fsp3) is 0.0492. The molecule has 0 aliphatic heterocycles. The van der Waals surface area contributed by atoms with E-state index in [1.807, 2.05) is 6.07 Å². The van der Waals surface area contributed by atoms with Crippen molar-refractivity contribution in [3.05, 3.63) is 230 Å². The Morgan fingerprint density at radius 1 is 0.302 bits per heavy atom. The highest BCUT2D eigenvalue weighted by Crippen LogP contribution is 2.53. The fourth-order valence-corrected chi connectivity index (χ4v) is 10.3. The van der Waals surface area contributed by atoms with Crippen LogP contribution >= 0.6 is 0 Å². The monoisotopic (exact) mass is 802 g/mol. The van der Waals surface area contributed by atoms with Crippen molar-refractivity contribution in [2.75, 3.05) is 0 Å². The summed E-state index contributed by atoms with van der Waals surface area (Å²) in [4.78, 5) is 10.7. The Labute approximate surface area is 367 Å². The summed E-state index contributed by atoms with van der Waals surface area (Å²) in [7, 11) is 0. The normalized spacial score (nSPS) is 12.7. The van der Waals surface area contributed by atoms with Gasteiger partial charge in [-0.3, -0.25) is 0 Å². The first-order valence-electron chi connectivity index (χ1n) is 21.8. The van der Waals surface area contributed by atoms with Gasteiger partial charge in [0.05, 0.1) is 11.4 Å². The lowest BCUT2D eigenvalue weighted by atomic mass is 9.81. The summed E-state index contributed by atoms with van der Waals surface area (Å²) >= 11 is 0. The van der Waals surface area contributed by atoms with Crippen LogP contribution in [0.3, 0.4) is 0 Å². The zero-order chi connectivity index (χ0) is 42.1. The van der Waals surface area contributed by atoms with Gasteiger partial charge in [0.1, 0.15) is 0 Å². The van der Waals surface area contributed by atoms with E-state index >= 15 is 0 Å². The molecule has 0 atom stereocenters. The van der Waals surface area contributed by atoms with Crippen molar-refractivity contribution in [2.24, 2.45) is 0 Å². The molecule has 0 N–H and O–H groups in total. The minimum Gasteiger partial charge on any atom is -0.228 e. The van der Waals surface area contributed by atoms with Crippen molar-refractivity contribution in [1.29, 1.82) is 0 Å². The predicted molar refractivity (Wildman–Crippen MR) is 265 cm³/mol. The number of aromatic nitrogens is 2. The van der Waals surface area contributed by atoms with Crippen LogP contribution in [0.15, 0.2) is 218 Å². The van der Waals surface area contributed by atoms with Crippen LogP contribution in [-0.2, 0) is 5.41 Å². The lowest BCUT2D eigenvalue weighted by Gasteiger charge is -2.22. The average Bonchev–Trinajstić information content (AvgIpc) is 3.59. The number of rotatable bonds is 6. The highest BCUT2D eigenvalue weighted by Gasteiger charge is 2.36. The second-order valence-corrected chi connectivity index (χ2v) is 17.2. The van der Waals surface area contributed by atoms with Crippen LogP contribution in [0.2, 0.25) is 0 Å². The van der Waals surface area contributed by atoms with Gasteiger partial charge in [-0.2, -0.15) is 0 Å². The molecule has 296 valence electrons. The van der Waals surface area contributed by atoms with Crippen molar-refractivity contribution in [3.8, 4) is 78.4 Å². The van der Waals surface area contributed by atoms with Crippen LogP contribution in [0.4, 0.5) is 0 Å². The molecule has 11 aromatic rings. The summed E-state index contributed by atoms with van der Waals surface area (Å²) in [5, 5.41) is 7.24. The molecule has 1 aromatic heterocycles. The highest BCUT2D eigenvalue weighted by molar-refractivity contribution is 6.13. The molecule has 0 saturated heterocycles. The third kappa shape index (κ3) is 5.94. The number of nitrogens with zero attached hydrogens (tertiary/aromatic N) is 2. The summed E-state index contributed by atoms with van der Waals surface area (Å²) in [5.74, 6) is 0.698. The molecule has 10 aromatic carbocycles. The van der Waals surface area contributed by atoms with Crippen LogP contribution in [-0.4, -0.2) is 9.97 Å². The summed E-state index contributed by atoms with van der Waals surface area (Å²) in [6.45, 7) is 4.71. The van der Waals surface area contributed by atoms with E-state index < -0.39 is 0 Å². The maximum Gasteiger partial charge on any atom is 0.160 e. The Hall–Kier alpha value is -7.94. The van der Waals surface area contributed by atoms with Gasteiger partial charge in [-0.15, -0.1) is 0 Å². The summed E-state index contributed by atoms with van der Waals surface area (Å²) in [6.07, 6.45) is 0. The Balaban J connectivity index is 1.03. The fourth-order valence-electron chi connectivity index (χ4n) is 10.3. The van der Waals surface area contributed by atoms with Gasteiger partial charge in [-0.05, 0) is 94.0 Å². The van der Waals surface area contributed by atoms with Crippen molar-refractivity contribution in [3.63, 3.8) is 0 Å². The molecule has 1 aliphatic rings. The Morgan fingerprint density at radius 3 is 1.43 bits per heavy atom. The first kappa shape index (κ1) is 36.9. The molecular formula is C61H42N2. The molecule has 0 fully saturated rings. The maximum atomic E-state index is 5.34. The van der Waals surface area contributed by atoms with Crippen LogP contribution < -0.4 is 0 Å². The van der Waals surface area contributed by atoms with Crippen molar-refractivity contribution < 1.29 is 0 Å². The minimum atomic E-state index is -0.0647. The van der Waals surface area contributed by atoms with Crippen LogP contribution in [0.25, 0.3) is 111 Å². The third-order valence-corrected chi connectivity index (χ3v) is 13.4. The molecule has 12 rings (SSSR count). The summed E-state index contributed by atoms with van der Waals surface area (Å²) in [5.41, 5.74) is 17.6. The topological polar surface area (TPSA) is 25.8 Å². The minimum absolute atomic E-state index is 0.0647. The van der Waals surface area contributed by atoms with Gasteiger partial charge >= 0.3 is 0 Å². The zero-order valence-corrected chi connectivity index (χ0v) is 35.2. The molecule has 63 heavy (non-hydrogen) atoms. The SMILES string of the molecule is CC1(C)c2ccccc2-c2c(-c3ccc(-c4ccc(-c5cc(-c6ccccc6-c6cccc7ccccc67)nc(-c6ccccc6)n5)c5ccccc45)c4ccccc34)cccc21. The highest BCUT2D eigenvalue weighted by atomic mass is 14.9. The molecule has 0 saturated carbocycles. The first-order valence-corrected chi connectivity index (χ1v) is 21.8. The number of benzene rings is 10. The largest absolute Gasteiger partial charge is 0.228 e. The molecule has 0 unspecified atom stereocenters. The van der Waals surface area contributed by atoms with Gasteiger partial charge in [0.25, 0.3) is 0 Å². The Kier molecular flexibility index (Phi) is 8.55. The average molecular weight is 803 g/mol. The third-order valence-electron chi connectivity index (χ3n) is 13.4. The van der Waals surface area contributed by atoms with Gasteiger partial charge in [0.15, 0.2) is 5.82 Å². The zero-order valence-electron chi connectivity index (χ0n) is 35.2. The van der Waals surface area contributed by atoms with E-state index in [-0.39, 0.29) is 5.41 Å². The molecule has 0 spiro atoms. The van der Waals surface area contributed by atoms with Gasteiger partial charge in [-0.25, -0.2) is 9.97 Å². The van der Waals surface area contributed by atoms with Gasteiger partial charge in [-0.1, -0.05) is 226 Å². The number of hydrogen-bond acceptors (Lipinski definition) is 2. The van der Waals surface area contributed by atoms with E-state index in [4.69, 9.17) is 9.97 Å². The van der Waals surface area contributed by atoms with E-state index in [2.05, 4.69) is 226 Å². The number of fused-ring (bicyclic) bond motifs is 6. The second kappa shape index (κ2) is 14.6. The van der Waals surface area contributed by atoms with E-state index in [1.165, 1.54) is 77.0 Å². The van der Waals surface area contributed by atoms with E-state index in [9.17, 15) is 0 Å². The Morgan fingerprint density at radius 2 is 0.730 bits per heavy atom. The van der Waals surface area contributed by atoms with Crippen molar-refractivity contribution >= 4 is 32.3 Å². The predicted octanol–water partition coefficient (Wildman–Crippen LogP) is 16.2. The summed E-state index contributed by atoms with van der Waals surface area (Å²) < 4.78 is 0. The summed E-state index contributed by atoms with van der Waals surface area (Å²) in [6, 6.07) is 79.1.